The van der Waals surface area contributed by atoms with Gasteiger partial charge in [0.1, 0.15) is 10.0 Å². The van der Waals surface area contributed by atoms with Crippen molar-refractivity contribution in [3.8, 4) is 0 Å². The molecule has 2 rings (SSSR count). The van der Waals surface area contributed by atoms with Crippen molar-refractivity contribution in [1.29, 1.82) is 0 Å². The Balaban J connectivity index is 2.03. The van der Waals surface area contributed by atoms with Crippen molar-refractivity contribution >= 4 is 23.1 Å². The fourth-order valence-corrected chi connectivity index (χ4v) is 2.58. The maximum Gasteiger partial charge on any atom is 0.138 e. The van der Waals surface area contributed by atoms with E-state index in [-0.39, 0.29) is 6.10 Å². The highest BCUT2D eigenvalue weighted by Crippen LogP contribution is 2.22. The van der Waals surface area contributed by atoms with Gasteiger partial charge in [0.25, 0.3) is 0 Å². The van der Waals surface area contributed by atoms with Crippen LogP contribution < -0.4 is 0 Å². The van der Waals surface area contributed by atoms with Crippen LogP contribution in [0.25, 0.3) is 0 Å². The highest BCUT2D eigenvalue weighted by atomic mass is 35.5. The van der Waals surface area contributed by atoms with Crippen molar-refractivity contribution < 1.29 is 4.74 Å². The topological polar surface area (TPSA) is 38.2 Å². The van der Waals surface area contributed by atoms with E-state index >= 15 is 0 Å². The van der Waals surface area contributed by atoms with Crippen LogP contribution in [0.2, 0.25) is 4.34 Å². The van der Waals surface area contributed by atoms with Gasteiger partial charge in [-0.25, -0.2) is 0 Å². The molecule has 90 valence electrons. The number of halogens is 1. The molecule has 0 aliphatic carbocycles. The van der Waals surface area contributed by atoms with Crippen LogP contribution in [0.4, 0.5) is 0 Å². The van der Waals surface area contributed by atoms with Crippen LogP contribution in [-0.2, 0) is 11.3 Å². The molecule has 0 unspecified atom stereocenters. The lowest BCUT2D eigenvalue weighted by molar-refractivity contribution is -0.0595. The number of rotatable bonds is 3. The normalized spacial score (nSPS) is 27.2. The average molecular weight is 262 g/mol. The predicted molar refractivity (Wildman–Crippen MR) is 64.8 cm³/mol. The van der Waals surface area contributed by atoms with E-state index in [0.29, 0.717) is 10.4 Å². The first-order chi connectivity index (χ1) is 7.70. The molecule has 1 saturated heterocycles. The second kappa shape index (κ2) is 5.40. The SMILES string of the molecule is CC[C@@H]1CO[C@@H](C)CN1Cc1nnsc1Cl. The Kier molecular flexibility index (Phi) is 4.13. The minimum Gasteiger partial charge on any atom is -0.376 e. The van der Waals surface area contributed by atoms with E-state index in [9.17, 15) is 0 Å². The molecule has 0 spiro atoms. The number of aromatic nitrogens is 2. The van der Waals surface area contributed by atoms with Crippen molar-refractivity contribution in [2.75, 3.05) is 13.2 Å². The number of ether oxygens (including phenoxy) is 1. The summed E-state index contributed by atoms with van der Waals surface area (Å²) in [5, 5.41) is 4.06. The molecular weight excluding hydrogens is 246 g/mol. The fourth-order valence-electron chi connectivity index (χ4n) is 1.97. The Morgan fingerprint density at radius 1 is 1.62 bits per heavy atom. The predicted octanol–water partition coefficient (Wildman–Crippen LogP) is 2.19. The molecule has 0 N–H and O–H groups in total. The molecule has 2 heterocycles. The lowest BCUT2D eigenvalue weighted by Crippen LogP contribution is -2.47. The molecule has 0 radical (unpaired) electrons. The number of morpholine rings is 1. The summed E-state index contributed by atoms with van der Waals surface area (Å²) in [6.45, 7) is 6.79. The van der Waals surface area contributed by atoms with E-state index in [0.717, 1.165) is 31.8 Å². The molecule has 1 aliphatic rings. The van der Waals surface area contributed by atoms with E-state index in [4.69, 9.17) is 16.3 Å². The van der Waals surface area contributed by atoms with Gasteiger partial charge in [0.15, 0.2) is 0 Å². The van der Waals surface area contributed by atoms with Crippen molar-refractivity contribution in [1.82, 2.24) is 14.5 Å². The lowest BCUT2D eigenvalue weighted by Gasteiger charge is -2.37. The zero-order valence-corrected chi connectivity index (χ0v) is 11.1. The Bertz CT molecular complexity index is 347. The van der Waals surface area contributed by atoms with Crippen LogP contribution in [0.15, 0.2) is 0 Å². The van der Waals surface area contributed by atoms with Gasteiger partial charge < -0.3 is 4.74 Å². The molecule has 1 aromatic rings. The summed E-state index contributed by atoms with van der Waals surface area (Å²) in [6, 6.07) is 0.467. The second-order valence-corrected chi connectivity index (χ2v) is 5.48. The minimum atomic E-state index is 0.285. The van der Waals surface area contributed by atoms with Crippen molar-refractivity contribution in [2.45, 2.75) is 39.0 Å². The second-order valence-electron chi connectivity index (χ2n) is 4.13. The smallest absolute Gasteiger partial charge is 0.138 e. The zero-order chi connectivity index (χ0) is 11.5. The standard InChI is InChI=1S/C10H16ClN3OS/c1-3-8-6-15-7(2)4-14(8)5-9-10(11)16-13-12-9/h7-8H,3-6H2,1-2H3/t7-,8+/m0/s1. The van der Waals surface area contributed by atoms with E-state index in [1.807, 2.05) is 0 Å². The van der Waals surface area contributed by atoms with Gasteiger partial charge in [-0.05, 0) is 13.3 Å². The monoisotopic (exact) mass is 261 g/mol. The maximum atomic E-state index is 6.02. The Morgan fingerprint density at radius 3 is 3.06 bits per heavy atom. The molecular formula is C10H16ClN3OS. The van der Waals surface area contributed by atoms with E-state index < -0.39 is 0 Å². The summed E-state index contributed by atoms with van der Waals surface area (Å²) in [5.74, 6) is 0. The molecule has 1 fully saturated rings. The van der Waals surface area contributed by atoms with Gasteiger partial charge in [0.05, 0.1) is 12.7 Å². The van der Waals surface area contributed by atoms with Crippen molar-refractivity contribution in [3.05, 3.63) is 10.0 Å². The Morgan fingerprint density at radius 2 is 2.44 bits per heavy atom. The quantitative estimate of drug-likeness (QED) is 0.836. The zero-order valence-electron chi connectivity index (χ0n) is 9.52. The number of nitrogens with zero attached hydrogens (tertiary/aromatic N) is 3. The third kappa shape index (κ3) is 2.71. The van der Waals surface area contributed by atoms with E-state index in [2.05, 4.69) is 28.3 Å². The molecule has 6 heteroatoms. The average Bonchev–Trinajstić information content (AvgIpc) is 2.65. The highest BCUT2D eigenvalue weighted by Gasteiger charge is 2.26. The van der Waals surface area contributed by atoms with E-state index in [1.165, 1.54) is 11.5 Å². The minimum absolute atomic E-state index is 0.285. The highest BCUT2D eigenvalue weighted by molar-refractivity contribution is 7.10. The summed E-state index contributed by atoms with van der Waals surface area (Å²) < 4.78 is 10.2. The molecule has 0 saturated carbocycles. The molecule has 1 aliphatic heterocycles. The van der Waals surface area contributed by atoms with Crippen molar-refractivity contribution in [3.63, 3.8) is 0 Å². The summed E-state index contributed by atoms with van der Waals surface area (Å²) in [4.78, 5) is 2.39. The van der Waals surface area contributed by atoms with Gasteiger partial charge in [-0.1, -0.05) is 23.0 Å². The van der Waals surface area contributed by atoms with Crippen molar-refractivity contribution in [2.24, 2.45) is 0 Å². The first-order valence-electron chi connectivity index (χ1n) is 5.53. The van der Waals surface area contributed by atoms with Gasteiger partial charge in [0.2, 0.25) is 0 Å². The van der Waals surface area contributed by atoms with Crippen LogP contribution in [0.5, 0.6) is 0 Å². The van der Waals surface area contributed by atoms with Crippen LogP contribution in [0, 0.1) is 0 Å². The van der Waals surface area contributed by atoms with Crippen LogP contribution in [-0.4, -0.2) is 39.8 Å². The molecule has 0 bridgehead atoms. The number of hydrogen-bond acceptors (Lipinski definition) is 5. The molecule has 0 amide bonds. The molecule has 0 aromatic carbocycles. The summed E-state index contributed by atoms with van der Waals surface area (Å²) in [6.07, 6.45) is 1.37. The van der Waals surface area contributed by atoms with Gasteiger partial charge in [-0.3, -0.25) is 4.90 Å². The summed E-state index contributed by atoms with van der Waals surface area (Å²) in [5.41, 5.74) is 0.888. The van der Waals surface area contributed by atoms with Gasteiger partial charge in [0, 0.05) is 30.7 Å². The number of hydrogen-bond donors (Lipinski definition) is 0. The van der Waals surface area contributed by atoms with Crippen LogP contribution in [0.3, 0.4) is 0 Å². The lowest BCUT2D eigenvalue weighted by atomic mass is 10.1. The molecule has 2 atom stereocenters. The summed E-state index contributed by atoms with van der Waals surface area (Å²) >= 11 is 7.27. The van der Waals surface area contributed by atoms with Gasteiger partial charge in [-0.15, -0.1) is 5.10 Å². The van der Waals surface area contributed by atoms with Crippen LogP contribution >= 0.6 is 23.1 Å². The first-order valence-corrected chi connectivity index (χ1v) is 6.68. The molecule has 4 nitrogen and oxygen atoms in total. The van der Waals surface area contributed by atoms with Gasteiger partial charge in [-0.2, -0.15) is 0 Å². The summed E-state index contributed by atoms with van der Waals surface area (Å²) in [7, 11) is 0. The largest absolute Gasteiger partial charge is 0.376 e. The third-order valence-electron chi connectivity index (χ3n) is 2.91. The molecule has 16 heavy (non-hydrogen) atoms. The Labute approximate surface area is 105 Å². The molecule has 1 aromatic heterocycles. The third-order valence-corrected chi connectivity index (χ3v) is 3.90. The Hall–Kier alpha value is -0.230. The van der Waals surface area contributed by atoms with Gasteiger partial charge >= 0.3 is 0 Å². The van der Waals surface area contributed by atoms with E-state index in [1.54, 1.807) is 0 Å². The fraction of sp³-hybridized carbons (Fsp3) is 0.800. The van der Waals surface area contributed by atoms with Crippen LogP contribution in [0.1, 0.15) is 26.0 Å². The maximum absolute atomic E-state index is 6.02. The first kappa shape index (κ1) is 12.2.